The Kier molecular flexibility index (Phi) is 6.20. The lowest BCUT2D eigenvalue weighted by atomic mass is 9.91. The van der Waals surface area contributed by atoms with Crippen molar-refractivity contribution in [2.45, 2.75) is 40.5 Å². The number of amides is 2. The van der Waals surface area contributed by atoms with E-state index in [1.54, 1.807) is 18.3 Å². The third-order valence-electron chi connectivity index (χ3n) is 4.97. The summed E-state index contributed by atoms with van der Waals surface area (Å²) in [6, 6.07) is 11.2. The van der Waals surface area contributed by atoms with Gasteiger partial charge in [0.1, 0.15) is 5.75 Å². The molecular formula is C23H29N3O3. The molecule has 154 valence electrons. The molecule has 1 aliphatic rings. The van der Waals surface area contributed by atoms with E-state index in [1.165, 1.54) is 0 Å². The zero-order valence-corrected chi connectivity index (χ0v) is 17.6. The van der Waals surface area contributed by atoms with E-state index in [4.69, 9.17) is 4.74 Å². The smallest absolute Gasteiger partial charge is 0.229 e. The number of nitrogens with zero attached hydrogens (tertiary/aromatic N) is 2. The Morgan fingerprint density at radius 3 is 2.48 bits per heavy atom. The quantitative estimate of drug-likeness (QED) is 0.833. The Morgan fingerprint density at radius 1 is 1.14 bits per heavy atom. The zero-order chi connectivity index (χ0) is 21.0. The topological polar surface area (TPSA) is 71.5 Å². The summed E-state index contributed by atoms with van der Waals surface area (Å²) in [5.41, 5.74) is 1.34. The molecule has 1 unspecified atom stereocenters. The van der Waals surface area contributed by atoms with Crippen LogP contribution in [0.5, 0.6) is 11.6 Å². The second-order valence-corrected chi connectivity index (χ2v) is 8.63. The van der Waals surface area contributed by atoms with Gasteiger partial charge in [-0.1, -0.05) is 38.5 Å². The van der Waals surface area contributed by atoms with Gasteiger partial charge in [-0.05, 0) is 38.0 Å². The predicted molar refractivity (Wildman–Crippen MR) is 113 cm³/mol. The summed E-state index contributed by atoms with van der Waals surface area (Å²) in [5.74, 6) is 0.982. The van der Waals surface area contributed by atoms with Crippen molar-refractivity contribution >= 4 is 17.5 Å². The minimum atomic E-state index is -0.435. The predicted octanol–water partition coefficient (Wildman–Crippen LogP) is 4.41. The van der Waals surface area contributed by atoms with Crippen LogP contribution in [-0.2, 0) is 9.59 Å². The van der Waals surface area contributed by atoms with Crippen molar-refractivity contribution in [3.63, 3.8) is 0 Å². The molecule has 6 nitrogen and oxygen atoms in total. The van der Waals surface area contributed by atoms with Crippen LogP contribution in [-0.4, -0.2) is 34.8 Å². The highest BCUT2D eigenvalue weighted by molar-refractivity contribution is 5.93. The van der Waals surface area contributed by atoms with E-state index in [-0.39, 0.29) is 17.7 Å². The van der Waals surface area contributed by atoms with Crippen molar-refractivity contribution in [2.75, 3.05) is 18.4 Å². The zero-order valence-electron chi connectivity index (χ0n) is 17.6. The van der Waals surface area contributed by atoms with Crippen molar-refractivity contribution in [1.29, 1.82) is 0 Å². The standard InChI is InChI=1S/C23H29N3O3/c1-16-7-10-19(11-8-16)29-20-12-9-18(14-24-20)25-21(27)17-6-5-13-26(15-17)22(28)23(2,3)4/h7-12,14,17H,5-6,13,15H2,1-4H3,(H,25,27). The summed E-state index contributed by atoms with van der Waals surface area (Å²) in [6.45, 7) is 8.92. The molecule has 0 aliphatic carbocycles. The normalized spacial score (nSPS) is 17.0. The van der Waals surface area contributed by atoms with Gasteiger partial charge in [0.2, 0.25) is 17.7 Å². The summed E-state index contributed by atoms with van der Waals surface area (Å²) in [7, 11) is 0. The van der Waals surface area contributed by atoms with Crippen LogP contribution in [0.1, 0.15) is 39.2 Å². The van der Waals surface area contributed by atoms with Gasteiger partial charge in [0, 0.05) is 24.6 Å². The molecular weight excluding hydrogens is 366 g/mol. The number of ether oxygens (including phenoxy) is 1. The van der Waals surface area contributed by atoms with Crippen molar-refractivity contribution in [1.82, 2.24) is 9.88 Å². The van der Waals surface area contributed by atoms with Gasteiger partial charge >= 0.3 is 0 Å². The van der Waals surface area contributed by atoms with E-state index in [0.29, 0.717) is 30.4 Å². The molecule has 1 aromatic heterocycles. The average molecular weight is 396 g/mol. The van der Waals surface area contributed by atoms with Crippen LogP contribution < -0.4 is 10.1 Å². The van der Waals surface area contributed by atoms with Gasteiger partial charge in [-0.3, -0.25) is 9.59 Å². The minimum absolute atomic E-state index is 0.0783. The molecule has 2 aromatic rings. The lowest BCUT2D eigenvalue weighted by molar-refractivity contribution is -0.142. The molecule has 1 aliphatic heterocycles. The molecule has 1 atom stereocenters. The van der Waals surface area contributed by atoms with Gasteiger partial charge < -0.3 is 15.0 Å². The Bertz CT molecular complexity index is 854. The van der Waals surface area contributed by atoms with E-state index in [2.05, 4.69) is 10.3 Å². The summed E-state index contributed by atoms with van der Waals surface area (Å²) >= 11 is 0. The lowest BCUT2D eigenvalue weighted by Gasteiger charge is -2.35. The fourth-order valence-corrected chi connectivity index (χ4v) is 3.34. The first-order chi connectivity index (χ1) is 13.7. The fraction of sp³-hybridized carbons (Fsp3) is 0.435. The number of anilines is 1. The third kappa shape index (κ3) is 5.56. The Labute approximate surface area is 172 Å². The maximum absolute atomic E-state index is 12.7. The van der Waals surface area contributed by atoms with Crippen LogP contribution in [0.15, 0.2) is 42.6 Å². The molecule has 1 N–H and O–H groups in total. The maximum atomic E-state index is 12.7. The number of benzene rings is 1. The summed E-state index contributed by atoms with van der Waals surface area (Å²) in [5, 5.41) is 2.91. The molecule has 0 radical (unpaired) electrons. The van der Waals surface area contributed by atoms with Crippen LogP contribution in [0.4, 0.5) is 5.69 Å². The van der Waals surface area contributed by atoms with Gasteiger partial charge in [-0.25, -0.2) is 4.98 Å². The summed E-state index contributed by atoms with van der Waals surface area (Å²) in [6.07, 6.45) is 3.20. The van der Waals surface area contributed by atoms with Gasteiger partial charge in [-0.2, -0.15) is 0 Å². The van der Waals surface area contributed by atoms with Gasteiger partial charge in [0.05, 0.1) is 17.8 Å². The van der Waals surface area contributed by atoms with Gasteiger partial charge in [0.25, 0.3) is 0 Å². The van der Waals surface area contributed by atoms with E-state index < -0.39 is 5.41 Å². The van der Waals surface area contributed by atoms with E-state index in [0.717, 1.165) is 18.4 Å². The monoisotopic (exact) mass is 395 g/mol. The number of aryl methyl sites for hydroxylation is 1. The highest BCUT2D eigenvalue weighted by atomic mass is 16.5. The summed E-state index contributed by atoms with van der Waals surface area (Å²) in [4.78, 5) is 31.3. The number of rotatable bonds is 4. The molecule has 0 spiro atoms. The molecule has 29 heavy (non-hydrogen) atoms. The van der Waals surface area contributed by atoms with Crippen LogP contribution in [0, 0.1) is 18.3 Å². The van der Waals surface area contributed by atoms with Crippen molar-refractivity contribution < 1.29 is 14.3 Å². The SMILES string of the molecule is Cc1ccc(Oc2ccc(NC(=O)C3CCCN(C(=O)C(C)(C)C)C3)cn2)cc1. The van der Waals surface area contributed by atoms with Crippen molar-refractivity contribution in [3.05, 3.63) is 48.2 Å². The lowest BCUT2D eigenvalue weighted by Crippen LogP contribution is -2.47. The van der Waals surface area contributed by atoms with Crippen molar-refractivity contribution in [2.24, 2.45) is 11.3 Å². The number of hydrogen-bond donors (Lipinski definition) is 1. The fourth-order valence-electron chi connectivity index (χ4n) is 3.34. The number of likely N-dealkylation sites (tertiary alicyclic amines) is 1. The average Bonchev–Trinajstić information content (AvgIpc) is 2.70. The first-order valence-corrected chi connectivity index (χ1v) is 10.0. The maximum Gasteiger partial charge on any atom is 0.229 e. The van der Waals surface area contributed by atoms with Gasteiger partial charge in [0.15, 0.2) is 0 Å². The highest BCUT2D eigenvalue weighted by Crippen LogP contribution is 2.25. The first-order valence-electron chi connectivity index (χ1n) is 10.0. The number of nitrogens with one attached hydrogen (secondary N) is 1. The highest BCUT2D eigenvalue weighted by Gasteiger charge is 2.33. The first kappa shape index (κ1) is 20.8. The molecule has 2 heterocycles. The number of carbonyl (C=O) groups is 2. The van der Waals surface area contributed by atoms with Crippen molar-refractivity contribution in [3.8, 4) is 11.6 Å². The number of carbonyl (C=O) groups excluding carboxylic acids is 2. The number of piperidine rings is 1. The molecule has 3 rings (SSSR count). The molecule has 1 aromatic carbocycles. The Morgan fingerprint density at radius 2 is 1.86 bits per heavy atom. The molecule has 2 amide bonds. The second kappa shape index (κ2) is 8.64. The largest absolute Gasteiger partial charge is 0.439 e. The summed E-state index contributed by atoms with van der Waals surface area (Å²) < 4.78 is 5.71. The molecule has 0 saturated carbocycles. The molecule has 6 heteroatoms. The molecule has 0 bridgehead atoms. The molecule has 1 fully saturated rings. The number of pyridine rings is 1. The third-order valence-corrected chi connectivity index (χ3v) is 4.97. The second-order valence-electron chi connectivity index (χ2n) is 8.63. The molecule has 1 saturated heterocycles. The van der Waals surface area contributed by atoms with Crippen LogP contribution in [0.25, 0.3) is 0 Å². The van der Waals surface area contributed by atoms with Crippen LogP contribution in [0.2, 0.25) is 0 Å². The van der Waals surface area contributed by atoms with E-state index in [1.807, 2.05) is 56.9 Å². The van der Waals surface area contributed by atoms with E-state index >= 15 is 0 Å². The minimum Gasteiger partial charge on any atom is -0.439 e. The van der Waals surface area contributed by atoms with Crippen LogP contribution in [0.3, 0.4) is 0 Å². The number of hydrogen-bond acceptors (Lipinski definition) is 4. The van der Waals surface area contributed by atoms with Crippen LogP contribution >= 0.6 is 0 Å². The van der Waals surface area contributed by atoms with E-state index in [9.17, 15) is 9.59 Å². The number of aromatic nitrogens is 1. The van der Waals surface area contributed by atoms with Gasteiger partial charge in [-0.15, -0.1) is 0 Å². The Hall–Kier alpha value is -2.89. The Balaban J connectivity index is 1.57.